The molecule has 0 aromatic carbocycles. The van der Waals surface area contributed by atoms with Crippen LogP contribution in [0.15, 0.2) is 6.33 Å². The average Bonchev–Trinajstić information content (AvgIpc) is 2.95. The number of aromatic nitrogens is 4. The Labute approximate surface area is 125 Å². The van der Waals surface area contributed by atoms with Gasteiger partial charge in [0.2, 0.25) is 5.95 Å². The van der Waals surface area contributed by atoms with Gasteiger partial charge < -0.3 is 19.9 Å². The number of hydrogen-bond acceptors (Lipinski definition) is 6. The molecular weight excluding hydrogens is 268 g/mol. The van der Waals surface area contributed by atoms with Gasteiger partial charge in [-0.15, -0.1) is 0 Å². The molecule has 116 valence electrons. The van der Waals surface area contributed by atoms with Crippen LogP contribution in [-0.4, -0.2) is 52.8 Å². The van der Waals surface area contributed by atoms with Crippen LogP contribution in [0.25, 0.3) is 11.2 Å². The number of methoxy groups -OCH3 is 1. The largest absolute Gasteiger partial charge is 0.383 e. The Morgan fingerprint density at radius 2 is 2.19 bits per heavy atom. The number of rotatable bonds is 8. The number of nitrogens with one attached hydrogen (secondary N) is 2. The number of fused-ring (bicyclic) bond motifs is 1. The van der Waals surface area contributed by atoms with Gasteiger partial charge in [0.05, 0.1) is 12.9 Å². The molecule has 2 heterocycles. The SMILES string of the molecule is CCNc1nc(N(CCOC)C(C)CC)c2[nH]cnc2n1. The Morgan fingerprint density at radius 3 is 2.86 bits per heavy atom. The summed E-state index contributed by atoms with van der Waals surface area (Å²) in [6.07, 6.45) is 2.68. The standard InChI is InChI=1S/C14H24N6O/c1-5-10(3)20(7-8-21-4)13-11-12(17-9-16-11)18-14(19-13)15-6-2/h9-10H,5-8H2,1-4H3,(H2,15,16,17,18,19). The molecule has 0 fully saturated rings. The van der Waals surface area contributed by atoms with Crippen LogP contribution in [-0.2, 0) is 4.74 Å². The lowest BCUT2D eigenvalue weighted by Gasteiger charge is -2.29. The lowest BCUT2D eigenvalue weighted by molar-refractivity contribution is 0.203. The zero-order chi connectivity index (χ0) is 15.2. The highest BCUT2D eigenvalue weighted by Crippen LogP contribution is 2.25. The molecule has 0 radical (unpaired) electrons. The van der Waals surface area contributed by atoms with E-state index >= 15 is 0 Å². The zero-order valence-corrected chi connectivity index (χ0v) is 13.2. The Bertz CT molecular complexity index is 570. The molecule has 0 saturated carbocycles. The molecule has 1 atom stereocenters. The predicted molar refractivity (Wildman–Crippen MR) is 84.8 cm³/mol. The van der Waals surface area contributed by atoms with Crippen LogP contribution in [0.3, 0.4) is 0 Å². The smallest absolute Gasteiger partial charge is 0.226 e. The lowest BCUT2D eigenvalue weighted by atomic mass is 10.2. The quantitative estimate of drug-likeness (QED) is 0.775. The first-order valence-corrected chi connectivity index (χ1v) is 7.41. The van der Waals surface area contributed by atoms with Crippen molar-refractivity contribution in [2.24, 2.45) is 0 Å². The summed E-state index contributed by atoms with van der Waals surface area (Å²) in [5.74, 6) is 1.48. The van der Waals surface area contributed by atoms with E-state index in [1.807, 2.05) is 6.92 Å². The van der Waals surface area contributed by atoms with Crippen molar-refractivity contribution in [3.63, 3.8) is 0 Å². The first kappa shape index (κ1) is 15.5. The summed E-state index contributed by atoms with van der Waals surface area (Å²) in [5, 5.41) is 3.16. The van der Waals surface area contributed by atoms with E-state index in [0.717, 1.165) is 30.8 Å². The van der Waals surface area contributed by atoms with E-state index in [1.54, 1.807) is 13.4 Å². The van der Waals surface area contributed by atoms with Gasteiger partial charge in [-0.25, -0.2) is 4.98 Å². The van der Waals surface area contributed by atoms with Crippen LogP contribution in [0.2, 0.25) is 0 Å². The second kappa shape index (κ2) is 7.21. The minimum atomic E-state index is 0.357. The van der Waals surface area contributed by atoms with Crippen molar-refractivity contribution in [2.75, 3.05) is 37.0 Å². The van der Waals surface area contributed by atoms with E-state index in [2.05, 4.69) is 44.0 Å². The summed E-state index contributed by atoms with van der Waals surface area (Å²) in [6, 6.07) is 0.357. The molecular formula is C14H24N6O. The topological polar surface area (TPSA) is 79.0 Å². The van der Waals surface area contributed by atoms with Crippen LogP contribution in [0, 0.1) is 0 Å². The minimum Gasteiger partial charge on any atom is -0.383 e. The van der Waals surface area contributed by atoms with E-state index in [4.69, 9.17) is 4.74 Å². The number of nitrogens with zero attached hydrogens (tertiary/aromatic N) is 4. The van der Waals surface area contributed by atoms with Crippen molar-refractivity contribution < 1.29 is 4.74 Å². The number of hydrogen-bond donors (Lipinski definition) is 2. The molecule has 7 heteroatoms. The van der Waals surface area contributed by atoms with Crippen LogP contribution in [0.5, 0.6) is 0 Å². The van der Waals surface area contributed by atoms with Gasteiger partial charge in [0.15, 0.2) is 11.5 Å². The molecule has 2 N–H and O–H groups in total. The summed E-state index contributed by atoms with van der Waals surface area (Å²) < 4.78 is 5.23. The molecule has 2 aromatic rings. The number of H-pyrrole nitrogens is 1. The van der Waals surface area contributed by atoms with Crippen LogP contribution < -0.4 is 10.2 Å². The number of anilines is 2. The van der Waals surface area contributed by atoms with Gasteiger partial charge in [0, 0.05) is 26.2 Å². The average molecular weight is 292 g/mol. The fraction of sp³-hybridized carbons (Fsp3) is 0.643. The number of ether oxygens (including phenoxy) is 1. The monoisotopic (exact) mass is 292 g/mol. The van der Waals surface area contributed by atoms with Crippen LogP contribution in [0.4, 0.5) is 11.8 Å². The third kappa shape index (κ3) is 3.41. The summed E-state index contributed by atoms with van der Waals surface area (Å²) >= 11 is 0. The van der Waals surface area contributed by atoms with Crippen molar-refractivity contribution in [1.29, 1.82) is 0 Å². The van der Waals surface area contributed by atoms with E-state index < -0.39 is 0 Å². The molecule has 0 aliphatic heterocycles. The Balaban J connectivity index is 2.45. The predicted octanol–water partition coefficient (Wildman–Crippen LogP) is 2.04. The number of aromatic amines is 1. The van der Waals surface area contributed by atoms with Crippen molar-refractivity contribution >= 4 is 22.9 Å². The van der Waals surface area contributed by atoms with Crippen molar-refractivity contribution in [3.8, 4) is 0 Å². The van der Waals surface area contributed by atoms with Gasteiger partial charge in [-0.3, -0.25) is 0 Å². The zero-order valence-electron chi connectivity index (χ0n) is 13.2. The van der Waals surface area contributed by atoms with Gasteiger partial charge in [0.25, 0.3) is 0 Å². The van der Waals surface area contributed by atoms with Gasteiger partial charge >= 0.3 is 0 Å². The molecule has 0 bridgehead atoms. The molecule has 2 rings (SSSR count). The van der Waals surface area contributed by atoms with E-state index in [1.165, 1.54) is 0 Å². The maximum atomic E-state index is 5.23. The van der Waals surface area contributed by atoms with Gasteiger partial charge in [-0.05, 0) is 20.3 Å². The maximum Gasteiger partial charge on any atom is 0.226 e. The van der Waals surface area contributed by atoms with E-state index in [0.29, 0.717) is 24.2 Å². The van der Waals surface area contributed by atoms with E-state index in [9.17, 15) is 0 Å². The fourth-order valence-corrected chi connectivity index (χ4v) is 2.21. The van der Waals surface area contributed by atoms with E-state index in [-0.39, 0.29) is 0 Å². The Kier molecular flexibility index (Phi) is 5.32. The molecule has 0 saturated heterocycles. The molecule has 21 heavy (non-hydrogen) atoms. The Morgan fingerprint density at radius 1 is 1.38 bits per heavy atom. The molecule has 2 aromatic heterocycles. The first-order chi connectivity index (χ1) is 10.2. The third-order valence-electron chi connectivity index (χ3n) is 3.53. The summed E-state index contributed by atoms with van der Waals surface area (Å²) in [6.45, 7) is 8.59. The molecule has 0 amide bonds. The fourth-order valence-electron chi connectivity index (χ4n) is 2.21. The van der Waals surface area contributed by atoms with Crippen molar-refractivity contribution in [1.82, 2.24) is 19.9 Å². The molecule has 0 aliphatic rings. The molecule has 1 unspecified atom stereocenters. The molecule has 7 nitrogen and oxygen atoms in total. The maximum absolute atomic E-state index is 5.23. The highest BCUT2D eigenvalue weighted by atomic mass is 16.5. The second-order valence-corrected chi connectivity index (χ2v) is 4.95. The summed E-state index contributed by atoms with van der Waals surface area (Å²) in [4.78, 5) is 18.7. The second-order valence-electron chi connectivity index (χ2n) is 4.95. The highest BCUT2D eigenvalue weighted by Gasteiger charge is 2.20. The molecule has 0 spiro atoms. The van der Waals surface area contributed by atoms with Crippen molar-refractivity contribution in [3.05, 3.63) is 6.33 Å². The number of imidazole rings is 1. The summed E-state index contributed by atoms with van der Waals surface area (Å²) in [7, 11) is 1.71. The first-order valence-electron chi connectivity index (χ1n) is 7.41. The molecule has 0 aliphatic carbocycles. The van der Waals surface area contributed by atoms with Gasteiger partial charge in [-0.1, -0.05) is 6.92 Å². The normalized spacial score (nSPS) is 12.6. The van der Waals surface area contributed by atoms with Crippen LogP contribution >= 0.6 is 0 Å². The van der Waals surface area contributed by atoms with Crippen LogP contribution in [0.1, 0.15) is 27.2 Å². The highest BCUT2D eigenvalue weighted by molar-refractivity contribution is 5.84. The van der Waals surface area contributed by atoms with Gasteiger partial charge in [-0.2, -0.15) is 9.97 Å². The minimum absolute atomic E-state index is 0.357. The summed E-state index contributed by atoms with van der Waals surface area (Å²) in [5.41, 5.74) is 1.55. The lowest BCUT2D eigenvalue weighted by Crippen LogP contribution is -2.36. The third-order valence-corrected chi connectivity index (χ3v) is 3.53. The van der Waals surface area contributed by atoms with Crippen molar-refractivity contribution in [2.45, 2.75) is 33.2 Å². The van der Waals surface area contributed by atoms with Gasteiger partial charge in [0.1, 0.15) is 5.52 Å². The Hall–Kier alpha value is -1.89.